The number of aromatic nitrogens is 2. The van der Waals surface area contributed by atoms with Crippen LogP contribution in [-0.4, -0.2) is 27.7 Å². The highest BCUT2D eigenvalue weighted by molar-refractivity contribution is 7.18. The summed E-state index contributed by atoms with van der Waals surface area (Å²) in [6, 6.07) is 8.41. The maximum absolute atomic E-state index is 12.9. The Hall–Kier alpha value is -3.17. The molecular formula is C19H15N3O4S2. The molecule has 142 valence electrons. The predicted molar refractivity (Wildman–Crippen MR) is 110 cm³/mol. The van der Waals surface area contributed by atoms with Gasteiger partial charge in [0, 0.05) is 27.6 Å². The van der Waals surface area contributed by atoms with E-state index in [1.165, 1.54) is 35.4 Å². The standard InChI is InChI=1S/C19H15N3O4S2/c1-26-14-5-4-11(7-13(14)23)21-16(24)8-22-10-20-18-17(19(22)25)12(9-28-18)15-3-2-6-27-15/h2-7,9-10,23H,8H2,1H3,(H,21,24). The highest BCUT2D eigenvalue weighted by Crippen LogP contribution is 2.33. The van der Waals surface area contributed by atoms with Crippen LogP contribution in [0.4, 0.5) is 5.69 Å². The first-order valence-electron chi connectivity index (χ1n) is 8.24. The lowest BCUT2D eigenvalue weighted by molar-refractivity contribution is -0.116. The number of fused-ring (bicyclic) bond motifs is 1. The summed E-state index contributed by atoms with van der Waals surface area (Å²) in [4.78, 5) is 31.3. The predicted octanol–water partition coefficient (Wildman–Crippen LogP) is 3.54. The Morgan fingerprint density at radius 1 is 1.32 bits per heavy atom. The second kappa shape index (κ2) is 7.45. The van der Waals surface area contributed by atoms with Gasteiger partial charge in [-0.3, -0.25) is 14.2 Å². The lowest BCUT2D eigenvalue weighted by atomic mass is 10.2. The molecule has 0 saturated heterocycles. The van der Waals surface area contributed by atoms with E-state index in [2.05, 4.69) is 10.3 Å². The number of carbonyl (C=O) groups is 1. The van der Waals surface area contributed by atoms with Gasteiger partial charge < -0.3 is 15.2 Å². The zero-order valence-corrected chi connectivity index (χ0v) is 16.3. The van der Waals surface area contributed by atoms with Crippen molar-refractivity contribution < 1.29 is 14.6 Å². The number of ether oxygens (including phenoxy) is 1. The number of hydrogen-bond donors (Lipinski definition) is 2. The molecule has 1 amide bonds. The zero-order valence-electron chi connectivity index (χ0n) is 14.7. The summed E-state index contributed by atoms with van der Waals surface area (Å²) in [6.45, 7) is -0.186. The van der Waals surface area contributed by atoms with Crippen molar-refractivity contribution in [2.75, 3.05) is 12.4 Å². The first kappa shape index (κ1) is 18.2. The van der Waals surface area contributed by atoms with Crippen LogP contribution < -0.4 is 15.6 Å². The molecule has 9 heteroatoms. The van der Waals surface area contributed by atoms with E-state index in [0.29, 0.717) is 21.7 Å². The molecule has 4 aromatic rings. The van der Waals surface area contributed by atoms with Gasteiger partial charge in [-0.2, -0.15) is 0 Å². The number of amides is 1. The summed E-state index contributed by atoms with van der Waals surface area (Å²) < 4.78 is 6.26. The minimum atomic E-state index is -0.402. The van der Waals surface area contributed by atoms with E-state index in [0.717, 1.165) is 10.4 Å². The van der Waals surface area contributed by atoms with Crippen LogP contribution in [0.15, 0.2) is 52.2 Å². The van der Waals surface area contributed by atoms with Crippen LogP contribution in [0.25, 0.3) is 20.7 Å². The van der Waals surface area contributed by atoms with Gasteiger partial charge in [0.15, 0.2) is 11.5 Å². The molecule has 0 atom stereocenters. The zero-order chi connectivity index (χ0) is 19.7. The molecule has 0 unspecified atom stereocenters. The van der Waals surface area contributed by atoms with E-state index in [4.69, 9.17) is 4.74 Å². The minimum Gasteiger partial charge on any atom is -0.504 e. The van der Waals surface area contributed by atoms with E-state index < -0.39 is 5.91 Å². The number of hydrogen-bond acceptors (Lipinski definition) is 7. The summed E-state index contributed by atoms with van der Waals surface area (Å²) in [6.07, 6.45) is 1.38. The molecule has 0 aliphatic rings. The van der Waals surface area contributed by atoms with Crippen LogP contribution in [0, 0.1) is 0 Å². The number of anilines is 1. The van der Waals surface area contributed by atoms with E-state index in [1.807, 2.05) is 22.9 Å². The molecule has 0 aliphatic carbocycles. The van der Waals surface area contributed by atoms with E-state index in [1.54, 1.807) is 23.5 Å². The van der Waals surface area contributed by atoms with Gasteiger partial charge in [-0.1, -0.05) is 6.07 Å². The van der Waals surface area contributed by atoms with E-state index >= 15 is 0 Å². The van der Waals surface area contributed by atoms with Crippen LogP contribution in [0.5, 0.6) is 11.5 Å². The van der Waals surface area contributed by atoms with Crippen molar-refractivity contribution in [3.63, 3.8) is 0 Å². The van der Waals surface area contributed by atoms with E-state index in [-0.39, 0.29) is 17.9 Å². The van der Waals surface area contributed by atoms with Gasteiger partial charge in [0.25, 0.3) is 5.56 Å². The number of nitrogens with one attached hydrogen (secondary N) is 1. The number of benzene rings is 1. The fourth-order valence-electron chi connectivity index (χ4n) is 2.82. The largest absolute Gasteiger partial charge is 0.504 e. The average Bonchev–Trinajstić information content (AvgIpc) is 3.33. The lowest BCUT2D eigenvalue weighted by Gasteiger charge is -2.09. The third-order valence-electron chi connectivity index (χ3n) is 4.12. The number of thiophene rings is 2. The maximum Gasteiger partial charge on any atom is 0.263 e. The van der Waals surface area contributed by atoms with Gasteiger partial charge in [0.2, 0.25) is 5.91 Å². The van der Waals surface area contributed by atoms with Crippen LogP contribution >= 0.6 is 22.7 Å². The van der Waals surface area contributed by atoms with Crippen molar-refractivity contribution >= 4 is 44.5 Å². The quantitative estimate of drug-likeness (QED) is 0.522. The maximum atomic E-state index is 12.9. The minimum absolute atomic E-state index is 0.0839. The summed E-state index contributed by atoms with van der Waals surface area (Å²) in [5, 5.41) is 16.9. The first-order valence-corrected chi connectivity index (χ1v) is 10.00. The van der Waals surface area contributed by atoms with Crippen LogP contribution in [0.2, 0.25) is 0 Å². The normalized spacial score (nSPS) is 10.9. The average molecular weight is 413 g/mol. The Kier molecular flexibility index (Phi) is 4.84. The Morgan fingerprint density at radius 2 is 2.18 bits per heavy atom. The van der Waals surface area contributed by atoms with Gasteiger partial charge in [-0.25, -0.2) is 4.98 Å². The SMILES string of the molecule is COc1ccc(NC(=O)Cn2cnc3scc(-c4cccs4)c3c2=O)cc1O. The molecule has 0 spiro atoms. The van der Waals surface area contributed by atoms with Gasteiger partial charge in [0.05, 0.1) is 18.8 Å². The van der Waals surface area contributed by atoms with Crippen LogP contribution in [0.3, 0.4) is 0 Å². The van der Waals surface area contributed by atoms with Gasteiger partial charge in [-0.15, -0.1) is 22.7 Å². The molecule has 1 aromatic carbocycles. The molecule has 0 saturated carbocycles. The summed E-state index contributed by atoms with van der Waals surface area (Å²) in [5.74, 6) is -0.178. The van der Waals surface area contributed by atoms with Crippen LogP contribution in [0.1, 0.15) is 0 Å². The van der Waals surface area contributed by atoms with Gasteiger partial charge >= 0.3 is 0 Å². The number of methoxy groups -OCH3 is 1. The number of carbonyl (C=O) groups excluding carboxylic acids is 1. The van der Waals surface area contributed by atoms with Gasteiger partial charge in [-0.05, 0) is 23.6 Å². The van der Waals surface area contributed by atoms with Crippen molar-refractivity contribution in [2.45, 2.75) is 6.54 Å². The number of rotatable bonds is 5. The number of aromatic hydroxyl groups is 1. The second-order valence-electron chi connectivity index (χ2n) is 5.92. The molecule has 28 heavy (non-hydrogen) atoms. The molecule has 0 aliphatic heterocycles. The lowest BCUT2D eigenvalue weighted by Crippen LogP contribution is -2.27. The monoisotopic (exact) mass is 413 g/mol. The van der Waals surface area contributed by atoms with Crippen molar-refractivity contribution in [1.82, 2.24) is 9.55 Å². The van der Waals surface area contributed by atoms with Crippen molar-refractivity contribution in [1.29, 1.82) is 0 Å². The van der Waals surface area contributed by atoms with Crippen molar-refractivity contribution in [3.8, 4) is 21.9 Å². The van der Waals surface area contributed by atoms with Gasteiger partial charge in [0.1, 0.15) is 11.4 Å². The summed E-state index contributed by atoms with van der Waals surface area (Å²) >= 11 is 2.95. The molecule has 3 aromatic heterocycles. The topological polar surface area (TPSA) is 93.5 Å². The fourth-order valence-corrected chi connectivity index (χ4v) is 4.54. The molecular weight excluding hydrogens is 398 g/mol. The molecule has 4 rings (SSSR count). The molecule has 2 N–H and O–H groups in total. The second-order valence-corrected chi connectivity index (χ2v) is 7.73. The summed E-state index contributed by atoms with van der Waals surface area (Å²) in [5.41, 5.74) is 0.977. The molecule has 0 bridgehead atoms. The van der Waals surface area contributed by atoms with Crippen molar-refractivity contribution in [2.24, 2.45) is 0 Å². The molecule has 0 radical (unpaired) electrons. The van der Waals surface area contributed by atoms with E-state index in [9.17, 15) is 14.7 Å². The highest BCUT2D eigenvalue weighted by atomic mass is 32.1. The third kappa shape index (κ3) is 3.37. The Bertz CT molecular complexity index is 1210. The molecule has 0 fully saturated rings. The summed E-state index contributed by atoms with van der Waals surface area (Å²) in [7, 11) is 1.44. The Morgan fingerprint density at radius 3 is 2.89 bits per heavy atom. The Labute approximate surface area is 167 Å². The number of phenolic OH excluding ortho intramolecular Hbond substituents is 1. The smallest absolute Gasteiger partial charge is 0.263 e. The number of phenols is 1. The highest BCUT2D eigenvalue weighted by Gasteiger charge is 2.15. The Balaban J connectivity index is 1.60. The fraction of sp³-hybridized carbons (Fsp3) is 0.105. The van der Waals surface area contributed by atoms with Crippen LogP contribution in [-0.2, 0) is 11.3 Å². The van der Waals surface area contributed by atoms with Crippen molar-refractivity contribution in [3.05, 3.63) is 57.8 Å². The number of nitrogens with zero attached hydrogens (tertiary/aromatic N) is 2. The molecule has 7 nitrogen and oxygen atoms in total. The first-order chi connectivity index (χ1) is 13.6. The third-order valence-corrected chi connectivity index (χ3v) is 5.91. The molecule has 3 heterocycles.